The minimum absolute atomic E-state index is 0.986. The summed E-state index contributed by atoms with van der Waals surface area (Å²) in [4.78, 5) is 0. The first-order valence-electron chi connectivity index (χ1n) is 8.33. The maximum absolute atomic E-state index is 2.49. The van der Waals surface area contributed by atoms with Crippen molar-refractivity contribution in [2.45, 2.75) is 97.3 Å². The van der Waals surface area contributed by atoms with E-state index in [2.05, 4.69) is 13.8 Å². The van der Waals surface area contributed by atoms with Crippen LogP contribution in [-0.2, 0) is 0 Å². The van der Waals surface area contributed by atoms with Crippen LogP contribution in [0.4, 0.5) is 0 Å². The third kappa shape index (κ3) is 7.84. The van der Waals surface area contributed by atoms with Crippen LogP contribution in [0.5, 0.6) is 0 Å². The zero-order chi connectivity index (χ0) is 12.3. The number of hydrogen-bond acceptors (Lipinski definition) is 0. The van der Waals surface area contributed by atoms with Crippen LogP contribution in [0.1, 0.15) is 97.3 Å². The maximum atomic E-state index is 2.49. The summed E-state index contributed by atoms with van der Waals surface area (Å²) in [6.07, 6.45) is 19.3. The molecule has 1 aliphatic rings. The molecule has 0 heteroatoms. The Morgan fingerprint density at radius 1 is 0.824 bits per heavy atom. The summed E-state index contributed by atoms with van der Waals surface area (Å²) in [6.45, 7) is 4.81. The molecule has 0 heterocycles. The van der Waals surface area contributed by atoms with E-state index in [9.17, 15) is 0 Å². The van der Waals surface area contributed by atoms with Crippen LogP contribution >= 0.6 is 0 Å². The Kier molecular flexibility index (Phi) is 8.83. The van der Waals surface area contributed by atoms with Crippen LogP contribution < -0.4 is 0 Å². The Hall–Kier alpha value is 0. The van der Waals surface area contributed by atoms with Crippen molar-refractivity contribution in [3.8, 4) is 0 Å². The van der Waals surface area contributed by atoms with Gasteiger partial charge in [-0.3, -0.25) is 0 Å². The second-order valence-electron chi connectivity index (χ2n) is 6.40. The first-order valence-corrected chi connectivity index (χ1v) is 8.33. The molecule has 0 aromatic rings. The summed E-state index contributed by atoms with van der Waals surface area (Å²) in [6, 6.07) is 0. The molecule has 102 valence electrons. The van der Waals surface area contributed by atoms with E-state index in [0.717, 1.165) is 11.8 Å². The van der Waals surface area contributed by atoms with Gasteiger partial charge in [0.25, 0.3) is 0 Å². The van der Waals surface area contributed by atoms with E-state index in [1.165, 1.54) is 83.5 Å². The lowest BCUT2D eigenvalue weighted by atomic mass is 9.86. The molecular weight excluding hydrogens is 204 g/mol. The molecule has 0 saturated heterocycles. The number of unbranched alkanes of at least 4 members (excludes halogenated alkanes) is 2. The fourth-order valence-electron chi connectivity index (χ4n) is 3.38. The van der Waals surface area contributed by atoms with Gasteiger partial charge in [0.1, 0.15) is 0 Å². The summed E-state index contributed by atoms with van der Waals surface area (Å²) in [5.41, 5.74) is 0. The Morgan fingerprint density at radius 3 is 2.18 bits per heavy atom. The summed E-state index contributed by atoms with van der Waals surface area (Å²) in [5.74, 6) is 2.04. The fraction of sp³-hybridized carbons (Fsp3) is 1.00. The predicted octanol–water partition coefficient (Wildman–Crippen LogP) is 6.34. The van der Waals surface area contributed by atoms with Crippen molar-refractivity contribution in [2.75, 3.05) is 0 Å². The highest BCUT2D eigenvalue weighted by molar-refractivity contribution is 4.66. The topological polar surface area (TPSA) is 0 Å². The molecule has 1 saturated carbocycles. The van der Waals surface area contributed by atoms with E-state index in [1.54, 1.807) is 0 Å². The molecule has 0 nitrogen and oxygen atoms in total. The molecular formula is C17H34. The minimum atomic E-state index is 0.986. The summed E-state index contributed by atoms with van der Waals surface area (Å²) in [5, 5.41) is 0. The molecule has 0 aromatic carbocycles. The third-order valence-corrected chi connectivity index (χ3v) is 4.51. The zero-order valence-corrected chi connectivity index (χ0v) is 12.3. The van der Waals surface area contributed by atoms with Crippen LogP contribution in [0.3, 0.4) is 0 Å². The Morgan fingerprint density at radius 2 is 1.47 bits per heavy atom. The molecule has 0 radical (unpaired) electrons. The lowest BCUT2D eigenvalue weighted by Crippen LogP contribution is -2.07. The fourth-order valence-corrected chi connectivity index (χ4v) is 3.38. The molecule has 2 atom stereocenters. The molecule has 0 amide bonds. The Bertz CT molecular complexity index is 161. The van der Waals surface area contributed by atoms with Gasteiger partial charge >= 0.3 is 0 Å². The smallest absolute Gasteiger partial charge is 0.0412 e. The summed E-state index contributed by atoms with van der Waals surface area (Å²) < 4.78 is 0. The first kappa shape index (κ1) is 15.1. The molecule has 0 aliphatic heterocycles. The number of rotatable bonds is 4. The van der Waals surface area contributed by atoms with E-state index < -0.39 is 0 Å². The Labute approximate surface area is 110 Å². The van der Waals surface area contributed by atoms with Gasteiger partial charge in [0.15, 0.2) is 0 Å². The first-order chi connectivity index (χ1) is 8.33. The van der Waals surface area contributed by atoms with Crippen molar-refractivity contribution in [2.24, 2.45) is 11.8 Å². The second kappa shape index (κ2) is 9.97. The van der Waals surface area contributed by atoms with E-state index in [-0.39, 0.29) is 0 Å². The van der Waals surface area contributed by atoms with Gasteiger partial charge in [-0.1, -0.05) is 90.9 Å². The zero-order valence-electron chi connectivity index (χ0n) is 12.3. The van der Waals surface area contributed by atoms with Gasteiger partial charge in [-0.05, 0) is 18.3 Å². The van der Waals surface area contributed by atoms with Crippen molar-refractivity contribution in [1.82, 2.24) is 0 Å². The van der Waals surface area contributed by atoms with E-state index in [1.807, 2.05) is 0 Å². The van der Waals surface area contributed by atoms with Crippen LogP contribution in [0, 0.1) is 11.8 Å². The molecule has 1 rings (SSSR count). The molecule has 17 heavy (non-hydrogen) atoms. The lowest BCUT2D eigenvalue weighted by molar-refractivity contribution is 0.321. The largest absolute Gasteiger partial charge is 0.0654 e. The van der Waals surface area contributed by atoms with E-state index in [4.69, 9.17) is 0 Å². The standard InChI is InChI=1S/C17H34/c1-3-4-9-13-17-14-11-8-6-5-7-10-12-16(2)15-17/h16-17H,3-15H2,1-2H3. The highest BCUT2D eigenvalue weighted by atomic mass is 14.2. The molecule has 0 spiro atoms. The van der Waals surface area contributed by atoms with Crippen LogP contribution in [0.15, 0.2) is 0 Å². The quantitative estimate of drug-likeness (QED) is 0.501. The van der Waals surface area contributed by atoms with E-state index in [0.29, 0.717) is 0 Å². The van der Waals surface area contributed by atoms with Crippen LogP contribution in [-0.4, -0.2) is 0 Å². The second-order valence-corrected chi connectivity index (χ2v) is 6.40. The predicted molar refractivity (Wildman–Crippen MR) is 78.3 cm³/mol. The average molecular weight is 238 g/mol. The highest BCUT2D eigenvalue weighted by Crippen LogP contribution is 2.28. The molecule has 2 unspecified atom stereocenters. The maximum Gasteiger partial charge on any atom is -0.0412 e. The SMILES string of the molecule is CCCCCC1CCCCCCCCC(C)C1. The van der Waals surface area contributed by atoms with Crippen molar-refractivity contribution >= 4 is 0 Å². The van der Waals surface area contributed by atoms with Gasteiger partial charge in [0.05, 0.1) is 0 Å². The van der Waals surface area contributed by atoms with Crippen molar-refractivity contribution in [3.63, 3.8) is 0 Å². The van der Waals surface area contributed by atoms with Crippen molar-refractivity contribution in [1.29, 1.82) is 0 Å². The van der Waals surface area contributed by atoms with Crippen molar-refractivity contribution in [3.05, 3.63) is 0 Å². The van der Waals surface area contributed by atoms with Gasteiger partial charge < -0.3 is 0 Å². The third-order valence-electron chi connectivity index (χ3n) is 4.51. The summed E-state index contributed by atoms with van der Waals surface area (Å²) >= 11 is 0. The van der Waals surface area contributed by atoms with E-state index >= 15 is 0 Å². The van der Waals surface area contributed by atoms with Crippen LogP contribution in [0.2, 0.25) is 0 Å². The number of hydrogen-bond donors (Lipinski definition) is 0. The molecule has 0 bridgehead atoms. The lowest BCUT2D eigenvalue weighted by Gasteiger charge is -2.20. The molecule has 1 fully saturated rings. The van der Waals surface area contributed by atoms with Gasteiger partial charge in [0, 0.05) is 0 Å². The van der Waals surface area contributed by atoms with Crippen molar-refractivity contribution < 1.29 is 0 Å². The monoisotopic (exact) mass is 238 g/mol. The average Bonchev–Trinajstić information content (AvgIpc) is 2.35. The molecule has 0 N–H and O–H groups in total. The normalized spacial score (nSPS) is 28.6. The summed E-state index contributed by atoms with van der Waals surface area (Å²) in [7, 11) is 0. The van der Waals surface area contributed by atoms with Gasteiger partial charge in [-0.15, -0.1) is 0 Å². The van der Waals surface area contributed by atoms with Crippen LogP contribution in [0.25, 0.3) is 0 Å². The van der Waals surface area contributed by atoms with Gasteiger partial charge in [-0.25, -0.2) is 0 Å². The minimum Gasteiger partial charge on any atom is -0.0654 e. The van der Waals surface area contributed by atoms with Gasteiger partial charge in [0.2, 0.25) is 0 Å². The Balaban J connectivity index is 2.29. The molecule has 0 aromatic heterocycles. The highest BCUT2D eigenvalue weighted by Gasteiger charge is 2.13. The van der Waals surface area contributed by atoms with Gasteiger partial charge in [-0.2, -0.15) is 0 Å². The molecule has 1 aliphatic carbocycles.